The summed E-state index contributed by atoms with van der Waals surface area (Å²) in [5.41, 5.74) is 5.04. The van der Waals surface area contributed by atoms with Gasteiger partial charge in [0.25, 0.3) is 0 Å². The van der Waals surface area contributed by atoms with Crippen molar-refractivity contribution in [2.75, 3.05) is 0 Å². The predicted octanol–water partition coefficient (Wildman–Crippen LogP) is 4.71. The van der Waals surface area contributed by atoms with Crippen LogP contribution in [0.25, 0.3) is 10.8 Å². The van der Waals surface area contributed by atoms with Gasteiger partial charge in [0.1, 0.15) is 0 Å². The number of nitrogens with one attached hydrogen (secondary N) is 2. The number of nitrogens with zero attached hydrogens (tertiary/aromatic N) is 1. The number of carbonyl (C=O) groups is 1. The van der Waals surface area contributed by atoms with Crippen molar-refractivity contribution in [3.05, 3.63) is 114 Å². The molecule has 0 spiro atoms. The fourth-order valence-electron chi connectivity index (χ4n) is 3.65. The first-order valence-electron chi connectivity index (χ1n) is 10.9. The van der Waals surface area contributed by atoms with Gasteiger partial charge in [-0.1, -0.05) is 90.5 Å². The van der Waals surface area contributed by atoms with Gasteiger partial charge in [-0.15, -0.1) is 0 Å². The molecule has 0 aliphatic rings. The minimum absolute atomic E-state index is 0.109. The van der Waals surface area contributed by atoms with Crippen molar-refractivity contribution in [1.29, 1.82) is 0 Å². The van der Waals surface area contributed by atoms with Crippen molar-refractivity contribution in [2.45, 2.75) is 24.3 Å². The Morgan fingerprint density at radius 1 is 0.882 bits per heavy atom. The van der Waals surface area contributed by atoms with Crippen LogP contribution in [0.5, 0.6) is 0 Å². The summed E-state index contributed by atoms with van der Waals surface area (Å²) in [6, 6.07) is 28.6. The van der Waals surface area contributed by atoms with E-state index in [1.807, 2.05) is 55.5 Å². The third kappa shape index (κ3) is 5.75. The normalized spacial score (nSPS) is 12.6. The molecule has 7 heteroatoms. The van der Waals surface area contributed by atoms with Crippen LogP contribution in [0.15, 0.2) is 107 Å². The van der Waals surface area contributed by atoms with Crippen LogP contribution in [0.3, 0.4) is 0 Å². The molecule has 1 atom stereocenters. The topological polar surface area (TPSA) is 87.6 Å². The standard InChI is InChI=1S/C27H25N3O3S/c1-20-14-16-24(17-15-20)34(32,33)30-26(22-9-3-2-4-10-22)18-27(31)29-28-19-23-12-7-11-21-8-5-6-13-25(21)23/h2-17,19,26,30H,18H2,1H3,(H,29,31)/b28-19-/t26-/m0/s1. The molecule has 4 aromatic carbocycles. The van der Waals surface area contributed by atoms with Crippen LogP contribution in [-0.2, 0) is 14.8 Å². The van der Waals surface area contributed by atoms with Gasteiger partial charge >= 0.3 is 0 Å². The molecule has 1 amide bonds. The van der Waals surface area contributed by atoms with Gasteiger partial charge in [0.05, 0.1) is 17.2 Å². The largest absolute Gasteiger partial charge is 0.273 e. The molecule has 0 aliphatic heterocycles. The molecule has 172 valence electrons. The zero-order valence-corrected chi connectivity index (χ0v) is 19.5. The van der Waals surface area contributed by atoms with Crippen molar-refractivity contribution in [3.8, 4) is 0 Å². The lowest BCUT2D eigenvalue weighted by Gasteiger charge is -2.18. The molecule has 4 rings (SSSR count). The first-order chi connectivity index (χ1) is 16.4. The average molecular weight is 472 g/mol. The minimum atomic E-state index is -3.83. The molecule has 0 saturated carbocycles. The molecule has 0 unspecified atom stereocenters. The molecule has 6 nitrogen and oxygen atoms in total. The van der Waals surface area contributed by atoms with Crippen molar-refractivity contribution >= 4 is 32.9 Å². The maximum atomic E-state index is 13.0. The first-order valence-corrected chi connectivity index (χ1v) is 12.3. The quantitative estimate of drug-likeness (QED) is 0.288. The van der Waals surface area contributed by atoms with E-state index < -0.39 is 22.0 Å². The van der Waals surface area contributed by atoms with Crippen molar-refractivity contribution in [1.82, 2.24) is 10.1 Å². The second-order valence-electron chi connectivity index (χ2n) is 7.96. The summed E-state index contributed by atoms with van der Waals surface area (Å²) in [5, 5.41) is 6.20. The summed E-state index contributed by atoms with van der Waals surface area (Å²) in [4.78, 5) is 12.8. The highest BCUT2D eigenvalue weighted by Crippen LogP contribution is 2.21. The Labute approximate surface area is 199 Å². The molecule has 0 saturated heterocycles. The van der Waals surface area contributed by atoms with Crippen LogP contribution >= 0.6 is 0 Å². The molecule has 2 N–H and O–H groups in total. The minimum Gasteiger partial charge on any atom is -0.273 e. The van der Waals surface area contributed by atoms with E-state index in [4.69, 9.17) is 0 Å². The average Bonchev–Trinajstić information content (AvgIpc) is 2.84. The Bertz CT molecular complexity index is 1410. The van der Waals surface area contributed by atoms with E-state index in [1.165, 1.54) is 0 Å². The first kappa shape index (κ1) is 23.4. The summed E-state index contributed by atoms with van der Waals surface area (Å²) >= 11 is 0. The Balaban J connectivity index is 1.49. The highest BCUT2D eigenvalue weighted by atomic mass is 32.2. The van der Waals surface area contributed by atoms with Crippen LogP contribution in [0.4, 0.5) is 0 Å². The van der Waals surface area contributed by atoms with Gasteiger partial charge in [0.15, 0.2) is 0 Å². The number of benzene rings is 4. The summed E-state index contributed by atoms with van der Waals surface area (Å²) in [7, 11) is -3.83. The van der Waals surface area contributed by atoms with Crippen molar-refractivity contribution in [3.63, 3.8) is 0 Å². The summed E-state index contributed by atoms with van der Waals surface area (Å²) in [5.74, 6) is -0.406. The number of hydrogen-bond donors (Lipinski definition) is 2. The number of hydrogen-bond acceptors (Lipinski definition) is 4. The summed E-state index contributed by atoms with van der Waals surface area (Å²) < 4.78 is 28.6. The summed E-state index contributed by atoms with van der Waals surface area (Å²) in [6.07, 6.45) is 1.48. The molecule has 0 heterocycles. The van der Waals surface area contributed by atoms with Gasteiger partial charge in [-0.25, -0.2) is 18.6 Å². The third-order valence-electron chi connectivity index (χ3n) is 5.44. The molecule has 0 aliphatic carbocycles. The van der Waals surface area contributed by atoms with Gasteiger partial charge < -0.3 is 0 Å². The highest BCUT2D eigenvalue weighted by molar-refractivity contribution is 7.89. The van der Waals surface area contributed by atoms with Gasteiger partial charge in [-0.3, -0.25) is 4.79 Å². The molecule has 34 heavy (non-hydrogen) atoms. The SMILES string of the molecule is Cc1ccc(S(=O)(=O)N[C@@H](CC(=O)N/N=C\c2cccc3ccccc23)c2ccccc2)cc1. The Hall–Kier alpha value is -3.81. The highest BCUT2D eigenvalue weighted by Gasteiger charge is 2.23. The van der Waals surface area contributed by atoms with E-state index in [0.717, 1.165) is 21.9 Å². The van der Waals surface area contributed by atoms with E-state index in [1.54, 1.807) is 54.7 Å². The van der Waals surface area contributed by atoms with Gasteiger partial charge in [-0.2, -0.15) is 5.10 Å². The van der Waals surface area contributed by atoms with Gasteiger partial charge in [0, 0.05) is 12.0 Å². The smallest absolute Gasteiger partial charge is 0.242 e. The zero-order valence-electron chi connectivity index (χ0n) is 18.7. The number of sulfonamides is 1. The van der Waals surface area contributed by atoms with E-state index >= 15 is 0 Å². The second kappa shape index (κ2) is 10.4. The number of hydrazone groups is 1. The number of aryl methyl sites for hydroxylation is 1. The summed E-state index contributed by atoms with van der Waals surface area (Å²) in [6.45, 7) is 1.89. The van der Waals surface area contributed by atoms with Crippen LogP contribution < -0.4 is 10.1 Å². The molecular weight excluding hydrogens is 446 g/mol. The Morgan fingerprint density at radius 2 is 1.56 bits per heavy atom. The fraction of sp³-hybridized carbons (Fsp3) is 0.111. The number of amides is 1. The molecule has 0 bridgehead atoms. The lowest BCUT2D eigenvalue weighted by atomic mass is 10.0. The lowest BCUT2D eigenvalue weighted by Crippen LogP contribution is -2.32. The van der Waals surface area contributed by atoms with Crippen LogP contribution in [0, 0.1) is 6.92 Å². The number of fused-ring (bicyclic) bond motifs is 1. The van der Waals surface area contributed by atoms with E-state index in [2.05, 4.69) is 15.2 Å². The van der Waals surface area contributed by atoms with Crippen LogP contribution in [0.1, 0.15) is 29.2 Å². The van der Waals surface area contributed by atoms with Crippen LogP contribution in [0.2, 0.25) is 0 Å². The maximum Gasteiger partial charge on any atom is 0.242 e. The van der Waals surface area contributed by atoms with Crippen molar-refractivity contribution in [2.24, 2.45) is 5.10 Å². The second-order valence-corrected chi connectivity index (χ2v) is 9.68. The Kier molecular flexibility index (Phi) is 7.15. The molecule has 4 aromatic rings. The van der Waals surface area contributed by atoms with Gasteiger partial charge in [0.2, 0.25) is 15.9 Å². The van der Waals surface area contributed by atoms with Gasteiger partial charge in [-0.05, 0) is 35.4 Å². The van der Waals surface area contributed by atoms with Crippen molar-refractivity contribution < 1.29 is 13.2 Å². The molecule has 0 aromatic heterocycles. The monoisotopic (exact) mass is 471 g/mol. The molecule has 0 fully saturated rings. The number of rotatable bonds is 8. The molecular formula is C27H25N3O3S. The zero-order chi connectivity index (χ0) is 24.0. The number of carbonyl (C=O) groups excluding carboxylic acids is 1. The van der Waals surface area contributed by atoms with E-state index in [-0.39, 0.29) is 11.3 Å². The Morgan fingerprint density at radius 3 is 2.32 bits per heavy atom. The maximum absolute atomic E-state index is 13.0. The lowest BCUT2D eigenvalue weighted by molar-refractivity contribution is -0.121. The predicted molar refractivity (Wildman–Crippen MR) is 135 cm³/mol. The fourth-order valence-corrected chi connectivity index (χ4v) is 4.88. The third-order valence-corrected chi connectivity index (χ3v) is 6.92. The van der Waals surface area contributed by atoms with E-state index in [0.29, 0.717) is 5.56 Å². The van der Waals surface area contributed by atoms with Crippen LogP contribution in [-0.4, -0.2) is 20.5 Å². The molecule has 0 radical (unpaired) electrons. The van der Waals surface area contributed by atoms with E-state index in [9.17, 15) is 13.2 Å².